The van der Waals surface area contributed by atoms with Gasteiger partial charge in [-0.05, 0) is 36.8 Å². The molecule has 9 nitrogen and oxygen atoms in total. The average molecular weight is 609 g/mol. The summed E-state index contributed by atoms with van der Waals surface area (Å²) >= 11 is 0. The van der Waals surface area contributed by atoms with E-state index in [0.717, 1.165) is 12.3 Å². The van der Waals surface area contributed by atoms with E-state index in [1.807, 2.05) is 0 Å². The molecule has 3 fully saturated rings. The van der Waals surface area contributed by atoms with Crippen LogP contribution in [0.25, 0.3) is 0 Å². The van der Waals surface area contributed by atoms with E-state index in [1.165, 1.54) is 9.80 Å². The maximum Gasteiger partial charge on any atom is 0.417 e. The number of hydrogen-bond donors (Lipinski definition) is 1. The highest BCUT2D eigenvalue weighted by molar-refractivity contribution is 5.86. The number of halogens is 6. The second kappa shape index (κ2) is 11.8. The lowest BCUT2D eigenvalue weighted by Crippen LogP contribution is -2.52. The van der Waals surface area contributed by atoms with Crippen molar-refractivity contribution in [3.05, 3.63) is 29.1 Å². The molecule has 5 atom stereocenters. The quantitative estimate of drug-likeness (QED) is 0.494. The highest BCUT2D eigenvalue weighted by atomic mass is 19.4. The van der Waals surface area contributed by atoms with Crippen LogP contribution in [0.15, 0.2) is 12.3 Å². The van der Waals surface area contributed by atoms with Crippen LogP contribution in [0, 0.1) is 11.3 Å². The van der Waals surface area contributed by atoms with Crippen LogP contribution in [-0.4, -0.2) is 97.7 Å². The molecule has 0 radical (unpaired) electrons. The maximum absolute atomic E-state index is 14.3. The Morgan fingerprint density at radius 2 is 2.00 bits per heavy atom. The summed E-state index contributed by atoms with van der Waals surface area (Å²) in [7, 11) is 1.60. The molecule has 1 aromatic rings. The number of methoxy groups -OCH3 is 1. The number of hydrogen-bond acceptors (Lipinski definition) is 7. The molecule has 2 amide bonds. The first-order valence-electron chi connectivity index (χ1n) is 14.0. The smallest absolute Gasteiger partial charge is 0.417 e. The molecule has 0 spiro atoms. The number of amides is 2. The molecular weight excluding hydrogens is 574 g/mol. The van der Waals surface area contributed by atoms with Crippen LogP contribution in [0.3, 0.4) is 0 Å². The lowest BCUT2D eigenvalue weighted by Gasteiger charge is -2.37. The van der Waals surface area contributed by atoms with Gasteiger partial charge in [0, 0.05) is 70.3 Å². The third kappa shape index (κ3) is 6.47. The van der Waals surface area contributed by atoms with Crippen molar-refractivity contribution >= 4 is 12.0 Å². The standard InChI is InChI=1S/C27H34F6N4O5/c1-40-22-14-41-6-3-21(22)35-19-9-18-13-37(24(39)42-7-4-26(28,29)30)15-25(18,10-19)23(38)36-5-2-20-16(12-36)8-17(11-34-20)27(31,32)33/h8,11,18-19,21-22,35H,2-7,9-10,12-15H2,1H3/t18-,19+,21?,22?,25-/m0/s1. The molecular formula is C27H34F6N4O5. The van der Waals surface area contributed by atoms with E-state index in [-0.39, 0.29) is 62.6 Å². The Hall–Kier alpha value is -2.65. The molecule has 15 heteroatoms. The molecule has 4 heterocycles. The SMILES string of the molecule is COC1COCCC1N[C@@H]1C[C@H]2CN(C(=O)OCCC(F)(F)F)C[C@@]2(C(=O)N2CCc3ncc(C(F)(F)F)cc3C2)C1. The first kappa shape index (κ1) is 30.8. The van der Waals surface area contributed by atoms with Gasteiger partial charge in [0.05, 0.1) is 30.1 Å². The van der Waals surface area contributed by atoms with Gasteiger partial charge >= 0.3 is 18.4 Å². The number of carbonyl (C=O) groups is 2. The van der Waals surface area contributed by atoms with Crippen LogP contribution >= 0.6 is 0 Å². The largest absolute Gasteiger partial charge is 0.449 e. The molecule has 234 valence electrons. The van der Waals surface area contributed by atoms with Gasteiger partial charge in [0.25, 0.3) is 0 Å². The van der Waals surface area contributed by atoms with Gasteiger partial charge in [-0.2, -0.15) is 26.3 Å². The van der Waals surface area contributed by atoms with Gasteiger partial charge in [0.1, 0.15) is 6.61 Å². The number of pyridine rings is 1. The summed E-state index contributed by atoms with van der Waals surface area (Å²) in [5, 5.41) is 3.59. The number of nitrogens with one attached hydrogen (secondary N) is 1. The number of ether oxygens (including phenoxy) is 3. The third-order valence-corrected chi connectivity index (χ3v) is 8.88. The van der Waals surface area contributed by atoms with E-state index >= 15 is 0 Å². The molecule has 4 aliphatic rings. The molecule has 0 bridgehead atoms. The topological polar surface area (TPSA) is 93.2 Å². The molecule has 3 aliphatic heterocycles. The van der Waals surface area contributed by atoms with E-state index in [0.29, 0.717) is 43.7 Å². The summed E-state index contributed by atoms with van der Waals surface area (Å²) in [5.41, 5.74) is -1.15. The van der Waals surface area contributed by atoms with Crippen molar-refractivity contribution < 1.29 is 50.1 Å². The highest BCUT2D eigenvalue weighted by Gasteiger charge is 2.60. The number of likely N-dealkylation sites (tertiary alicyclic amines) is 1. The lowest BCUT2D eigenvalue weighted by molar-refractivity contribution is -0.143. The Bertz CT molecular complexity index is 1170. The van der Waals surface area contributed by atoms with Gasteiger partial charge in [-0.25, -0.2) is 4.79 Å². The van der Waals surface area contributed by atoms with Crippen molar-refractivity contribution in [3.63, 3.8) is 0 Å². The van der Waals surface area contributed by atoms with E-state index < -0.39 is 42.5 Å². The molecule has 2 saturated heterocycles. The second-order valence-electron chi connectivity index (χ2n) is 11.6. The molecule has 0 aromatic carbocycles. The molecule has 1 aliphatic carbocycles. The lowest BCUT2D eigenvalue weighted by atomic mass is 9.78. The fraction of sp³-hybridized carbons (Fsp3) is 0.741. The van der Waals surface area contributed by atoms with E-state index in [9.17, 15) is 35.9 Å². The predicted molar refractivity (Wildman–Crippen MR) is 134 cm³/mol. The molecule has 1 saturated carbocycles. The van der Waals surface area contributed by atoms with Crippen molar-refractivity contribution in [2.45, 2.75) is 69.2 Å². The number of rotatable bonds is 6. The Morgan fingerprint density at radius 3 is 2.71 bits per heavy atom. The summed E-state index contributed by atoms with van der Waals surface area (Å²) in [5.74, 6) is -0.611. The summed E-state index contributed by atoms with van der Waals surface area (Å²) in [6, 6.07) is 0.890. The van der Waals surface area contributed by atoms with E-state index in [2.05, 4.69) is 10.3 Å². The van der Waals surface area contributed by atoms with Gasteiger partial charge < -0.3 is 29.3 Å². The number of aromatic nitrogens is 1. The Morgan fingerprint density at radius 1 is 1.21 bits per heavy atom. The Kier molecular flexibility index (Phi) is 8.65. The van der Waals surface area contributed by atoms with Crippen molar-refractivity contribution in [3.8, 4) is 0 Å². The van der Waals surface area contributed by atoms with Crippen molar-refractivity contribution in [2.24, 2.45) is 11.3 Å². The minimum absolute atomic E-state index is 0.0168. The zero-order chi connectivity index (χ0) is 30.3. The predicted octanol–water partition coefficient (Wildman–Crippen LogP) is 3.55. The fourth-order valence-corrected chi connectivity index (χ4v) is 6.82. The Balaban J connectivity index is 1.34. The van der Waals surface area contributed by atoms with Crippen LogP contribution in [0.1, 0.15) is 42.5 Å². The van der Waals surface area contributed by atoms with Crippen LogP contribution in [0.4, 0.5) is 31.1 Å². The average Bonchev–Trinajstić information content (AvgIpc) is 3.46. The van der Waals surface area contributed by atoms with Crippen LogP contribution in [0.5, 0.6) is 0 Å². The molecule has 1 N–H and O–H groups in total. The van der Waals surface area contributed by atoms with Gasteiger partial charge in [-0.3, -0.25) is 9.78 Å². The summed E-state index contributed by atoms with van der Waals surface area (Å²) in [6.07, 6.45) is -8.79. The summed E-state index contributed by atoms with van der Waals surface area (Å²) in [6.45, 7) is 0.418. The zero-order valence-corrected chi connectivity index (χ0v) is 23.1. The van der Waals surface area contributed by atoms with E-state index in [1.54, 1.807) is 7.11 Å². The number of carbonyl (C=O) groups excluding carboxylic acids is 2. The van der Waals surface area contributed by atoms with Crippen molar-refractivity contribution in [1.82, 2.24) is 20.1 Å². The van der Waals surface area contributed by atoms with Crippen LogP contribution in [0.2, 0.25) is 0 Å². The van der Waals surface area contributed by atoms with Gasteiger partial charge in [0.15, 0.2) is 0 Å². The maximum atomic E-state index is 14.3. The monoisotopic (exact) mass is 608 g/mol. The summed E-state index contributed by atoms with van der Waals surface area (Å²) < 4.78 is 93.7. The zero-order valence-electron chi connectivity index (χ0n) is 23.1. The highest BCUT2D eigenvalue weighted by Crippen LogP contribution is 2.51. The minimum atomic E-state index is -4.58. The van der Waals surface area contributed by atoms with Crippen molar-refractivity contribution in [2.75, 3.05) is 46.6 Å². The first-order chi connectivity index (χ1) is 19.8. The molecule has 42 heavy (non-hydrogen) atoms. The van der Waals surface area contributed by atoms with Crippen molar-refractivity contribution in [1.29, 1.82) is 0 Å². The van der Waals surface area contributed by atoms with Gasteiger partial charge in [0.2, 0.25) is 5.91 Å². The molecule has 2 unspecified atom stereocenters. The number of nitrogens with zero attached hydrogens (tertiary/aromatic N) is 3. The van der Waals surface area contributed by atoms with Crippen LogP contribution in [-0.2, 0) is 38.1 Å². The third-order valence-electron chi connectivity index (χ3n) is 8.88. The number of alkyl halides is 6. The van der Waals surface area contributed by atoms with Gasteiger partial charge in [-0.1, -0.05) is 0 Å². The number of fused-ring (bicyclic) bond motifs is 2. The minimum Gasteiger partial charge on any atom is -0.449 e. The van der Waals surface area contributed by atoms with Crippen LogP contribution < -0.4 is 5.32 Å². The molecule has 1 aromatic heterocycles. The fourth-order valence-electron chi connectivity index (χ4n) is 6.82. The Labute approximate surface area is 238 Å². The van der Waals surface area contributed by atoms with Gasteiger partial charge in [-0.15, -0.1) is 0 Å². The van der Waals surface area contributed by atoms with E-state index in [4.69, 9.17) is 14.2 Å². The second-order valence-corrected chi connectivity index (χ2v) is 11.6. The normalized spacial score (nSPS) is 29.8. The first-order valence-corrected chi connectivity index (χ1v) is 14.0. The summed E-state index contributed by atoms with van der Waals surface area (Å²) in [4.78, 5) is 33.8. The molecule has 5 rings (SSSR count).